The lowest BCUT2D eigenvalue weighted by atomic mass is 9.48. The Morgan fingerprint density at radius 3 is 2.69 bits per heavy atom. The van der Waals surface area contributed by atoms with Crippen LogP contribution >= 0.6 is 0 Å². The summed E-state index contributed by atoms with van der Waals surface area (Å²) in [6.45, 7) is 4.29. The van der Waals surface area contributed by atoms with Gasteiger partial charge in [-0.15, -0.1) is 0 Å². The van der Waals surface area contributed by atoms with E-state index in [-0.39, 0.29) is 35.1 Å². The van der Waals surface area contributed by atoms with Crippen LogP contribution < -0.4 is 5.32 Å². The monoisotopic (exact) mass is 445 g/mol. The predicted molar refractivity (Wildman–Crippen MR) is 114 cm³/mol. The zero-order chi connectivity index (χ0) is 23.1. The average molecular weight is 446 g/mol. The molecule has 8 heteroatoms. The molecule has 2 heterocycles. The van der Waals surface area contributed by atoms with Crippen molar-refractivity contribution in [1.82, 2.24) is 0 Å². The molecule has 1 amide bonds. The van der Waals surface area contributed by atoms with Crippen LogP contribution in [0, 0.1) is 22.7 Å². The molecule has 0 radical (unpaired) electrons. The van der Waals surface area contributed by atoms with Gasteiger partial charge in [-0.05, 0) is 80.2 Å². The van der Waals surface area contributed by atoms with Gasteiger partial charge in [0, 0.05) is 6.42 Å². The summed E-state index contributed by atoms with van der Waals surface area (Å²) >= 11 is 0. The first-order valence-electron chi connectivity index (χ1n) is 11.4. The van der Waals surface area contributed by atoms with Crippen LogP contribution in [0.5, 0.6) is 11.5 Å². The normalized spacial score (nSPS) is 41.5. The molecule has 6 rings (SSSR count). The topological polar surface area (TPSA) is 136 Å². The van der Waals surface area contributed by atoms with Gasteiger partial charge in [0.2, 0.25) is 5.91 Å². The quantitative estimate of drug-likeness (QED) is 0.439. The molecule has 0 aromatic heterocycles. The Kier molecular flexibility index (Phi) is 4.60. The zero-order valence-corrected chi connectivity index (χ0v) is 18.4. The second kappa shape index (κ2) is 6.84. The molecular formula is C24H31NO7. The lowest BCUT2D eigenvalue weighted by Crippen LogP contribution is -2.59. The van der Waals surface area contributed by atoms with Gasteiger partial charge in [0.05, 0.1) is 17.8 Å². The maximum Gasteiger partial charge on any atom is 0.339 e. The molecule has 5 N–H and O–H groups in total. The third-order valence-corrected chi connectivity index (χ3v) is 9.12. The van der Waals surface area contributed by atoms with E-state index in [2.05, 4.69) is 19.2 Å². The van der Waals surface area contributed by atoms with E-state index < -0.39 is 40.5 Å². The van der Waals surface area contributed by atoms with Crippen LogP contribution in [0.1, 0.15) is 69.2 Å². The Hall–Kier alpha value is -2.32. The van der Waals surface area contributed by atoms with E-state index in [1.165, 1.54) is 0 Å². The van der Waals surface area contributed by atoms with Crippen molar-refractivity contribution in [3.8, 4) is 11.5 Å². The van der Waals surface area contributed by atoms with Crippen molar-refractivity contribution in [2.45, 2.75) is 76.6 Å². The molecule has 4 bridgehead atoms. The number of rotatable bonds is 5. The molecule has 5 fully saturated rings. The Bertz CT molecular complexity index is 995. The molecule has 1 spiro atoms. The van der Waals surface area contributed by atoms with Crippen molar-refractivity contribution in [2.75, 3.05) is 5.32 Å². The third-order valence-electron chi connectivity index (χ3n) is 9.12. The number of ether oxygens (including phenoxy) is 1. The number of hydrogen-bond donors (Lipinski definition) is 5. The highest BCUT2D eigenvalue weighted by Gasteiger charge is 2.72. The lowest BCUT2D eigenvalue weighted by molar-refractivity contribution is -0.216. The number of phenols is 2. The molecule has 2 saturated heterocycles. The number of anilines is 1. The Morgan fingerprint density at radius 2 is 2.00 bits per heavy atom. The summed E-state index contributed by atoms with van der Waals surface area (Å²) in [5.41, 5.74) is -1.08. The smallest absolute Gasteiger partial charge is 0.339 e. The van der Waals surface area contributed by atoms with Crippen LogP contribution in [-0.2, 0) is 9.53 Å². The molecule has 1 aromatic carbocycles. The fraction of sp³-hybridized carbons (Fsp3) is 0.667. The number of aromatic hydroxyl groups is 2. The number of hydrogen-bond acceptors (Lipinski definition) is 6. The number of carboxylic acid groups (broad SMARTS) is 1. The predicted octanol–water partition coefficient (Wildman–Crippen LogP) is 3.25. The molecule has 3 aliphatic carbocycles. The largest absolute Gasteiger partial charge is 0.506 e. The van der Waals surface area contributed by atoms with Crippen LogP contribution in [0.15, 0.2) is 12.1 Å². The van der Waals surface area contributed by atoms with Crippen LogP contribution in [0.3, 0.4) is 0 Å². The molecule has 32 heavy (non-hydrogen) atoms. The van der Waals surface area contributed by atoms with Gasteiger partial charge in [-0.25, -0.2) is 4.79 Å². The number of nitrogens with one attached hydrogen (secondary N) is 1. The fourth-order valence-corrected chi connectivity index (χ4v) is 7.82. The summed E-state index contributed by atoms with van der Waals surface area (Å²) in [5, 5.41) is 42.9. The van der Waals surface area contributed by atoms with E-state index in [1.807, 2.05) is 0 Å². The van der Waals surface area contributed by atoms with Gasteiger partial charge in [-0.1, -0.05) is 6.92 Å². The van der Waals surface area contributed by atoms with Gasteiger partial charge in [-0.2, -0.15) is 0 Å². The maximum atomic E-state index is 12.8. The van der Waals surface area contributed by atoms with Crippen LogP contribution in [0.25, 0.3) is 0 Å². The summed E-state index contributed by atoms with van der Waals surface area (Å²) in [7, 11) is 0. The van der Waals surface area contributed by atoms with Gasteiger partial charge >= 0.3 is 5.97 Å². The van der Waals surface area contributed by atoms with Gasteiger partial charge in [0.25, 0.3) is 0 Å². The number of aliphatic hydroxyl groups excluding tert-OH is 1. The van der Waals surface area contributed by atoms with Crippen molar-refractivity contribution < 1.29 is 34.8 Å². The first-order valence-corrected chi connectivity index (χ1v) is 11.4. The van der Waals surface area contributed by atoms with Crippen molar-refractivity contribution in [3.63, 3.8) is 0 Å². The lowest BCUT2D eigenvalue weighted by Gasteiger charge is -2.60. The Morgan fingerprint density at radius 1 is 1.25 bits per heavy atom. The van der Waals surface area contributed by atoms with E-state index in [1.54, 1.807) is 0 Å². The number of carboxylic acids is 1. The number of phenolic OH excluding ortho intramolecular Hbond substituents is 1. The summed E-state index contributed by atoms with van der Waals surface area (Å²) < 4.78 is 6.48. The molecule has 7 atom stereocenters. The minimum Gasteiger partial charge on any atom is -0.506 e. The molecular weight excluding hydrogens is 414 g/mol. The van der Waals surface area contributed by atoms with E-state index in [4.69, 9.17) is 9.84 Å². The van der Waals surface area contributed by atoms with Gasteiger partial charge < -0.3 is 30.5 Å². The summed E-state index contributed by atoms with van der Waals surface area (Å²) in [4.78, 5) is 24.0. The number of aromatic carboxylic acids is 1. The van der Waals surface area contributed by atoms with Gasteiger partial charge in [0.15, 0.2) is 5.75 Å². The summed E-state index contributed by atoms with van der Waals surface area (Å²) in [6, 6.07) is 2.20. The van der Waals surface area contributed by atoms with Crippen LogP contribution in [-0.4, -0.2) is 50.1 Å². The van der Waals surface area contributed by atoms with Crippen LogP contribution in [0.2, 0.25) is 0 Å². The van der Waals surface area contributed by atoms with Crippen molar-refractivity contribution in [3.05, 3.63) is 17.7 Å². The molecule has 174 valence electrons. The Balaban J connectivity index is 1.34. The zero-order valence-electron chi connectivity index (χ0n) is 18.4. The molecule has 2 aliphatic heterocycles. The third kappa shape index (κ3) is 2.88. The standard InChI is InChI=1S/C24H31NO7/c1-22(7-6-17(28)25-18-14(26)4-3-13(19(18)29)21(30)31)16(27)5-8-24-10-12-9-15(20(22)24)32-23(12,2)11-24/h3-4,12,15-16,20,26-27,29H,5-11H2,1-2H3,(H,25,28)(H,30,31)/t12-,15+,16-,20+,22-,23+,24+/m1/s1. The minimum atomic E-state index is -1.36. The van der Waals surface area contributed by atoms with E-state index >= 15 is 0 Å². The molecule has 1 aromatic rings. The number of amides is 1. The number of benzene rings is 1. The number of carbonyl (C=O) groups excluding carboxylic acids is 1. The van der Waals surface area contributed by atoms with E-state index in [9.17, 15) is 24.9 Å². The maximum absolute atomic E-state index is 12.8. The highest BCUT2D eigenvalue weighted by atomic mass is 16.5. The first-order chi connectivity index (χ1) is 15.0. The van der Waals surface area contributed by atoms with Gasteiger partial charge in [-0.3, -0.25) is 4.79 Å². The minimum absolute atomic E-state index is 0.0496. The summed E-state index contributed by atoms with van der Waals surface area (Å²) in [5.74, 6) is -2.13. The fourth-order valence-electron chi connectivity index (χ4n) is 7.82. The highest BCUT2D eigenvalue weighted by molar-refractivity contribution is 5.99. The molecule has 0 unspecified atom stereocenters. The SMILES string of the molecule is C[C@@]1(CCC(=O)Nc2c(O)ccc(C(=O)O)c2O)[C@H](O)CC[C@]23C[C@H]4C[C@H](O[C@@]4(C)C2)[C@H]31. The molecule has 5 aliphatic rings. The Labute approximate surface area is 186 Å². The van der Waals surface area contributed by atoms with Gasteiger partial charge in [0.1, 0.15) is 17.0 Å². The van der Waals surface area contributed by atoms with E-state index in [0.717, 1.165) is 37.8 Å². The summed E-state index contributed by atoms with van der Waals surface area (Å²) in [6.07, 6.45) is 4.96. The van der Waals surface area contributed by atoms with Crippen molar-refractivity contribution in [2.24, 2.45) is 22.7 Å². The van der Waals surface area contributed by atoms with Crippen LogP contribution in [0.4, 0.5) is 5.69 Å². The molecule has 8 nitrogen and oxygen atoms in total. The highest BCUT2D eigenvalue weighted by Crippen LogP contribution is 2.73. The van der Waals surface area contributed by atoms with Crippen molar-refractivity contribution >= 4 is 17.6 Å². The molecule has 3 saturated carbocycles. The average Bonchev–Trinajstić information content (AvgIpc) is 3.08. The second-order valence-corrected chi connectivity index (χ2v) is 10.9. The first kappa shape index (κ1) is 21.5. The van der Waals surface area contributed by atoms with E-state index in [0.29, 0.717) is 18.8 Å². The number of aliphatic hydroxyl groups is 1. The number of carbonyl (C=O) groups is 2. The second-order valence-electron chi connectivity index (χ2n) is 10.9. The van der Waals surface area contributed by atoms with Crippen molar-refractivity contribution in [1.29, 1.82) is 0 Å².